The van der Waals surface area contributed by atoms with Crippen molar-refractivity contribution in [2.75, 3.05) is 5.32 Å². The fraction of sp³-hybridized carbons (Fsp3) is 0.100. The van der Waals surface area contributed by atoms with Crippen LogP contribution in [-0.2, 0) is 6.18 Å². The van der Waals surface area contributed by atoms with Crippen LogP contribution in [0.4, 0.5) is 19.0 Å². The first-order valence-electron chi connectivity index (χ1n) is 8.74. The quantitative estimate of drug-likeness (QED) is 0.528. The molecule has 4 rings (SSSR count). The minimum Gasteiger partial charge on any atom is -0.493 e. The van der Waals surface area contributed by atoms with E-state index < -0.39 is 17.6 Å². The Bertz CT molecular complexity index is 1270. The van der Waals surface area contributed by atoms with Gasteiger partial charge in [0.2, 0.25) is 5.88 Å². The minimum atomic E-state index is -4.55. The van der Waals surface area contributed by atoms with Gasteiger partial charge in [0.25, 0.3) is 5.91 Å². The number of nitrogens with zero attached hydrogens (tertiary/aromatic N) is 4. The van der Waals surface area contributed by atoms with Crippen LogP contribution in [0.25, 0.3) is 16.9 Å². The zero-order chi connectivity index (χ0) is 21.5. The van der Waals surface area contributed by atoms with Crippen LogP contribution in [0.15, 0.2) is 54.7 Å². The van der Waals surface area contributed by atoms with Gasteiger partial charge in [-0.15, -0.1) is 0 Å². The van der Waals surface area contributed by atoms with Crippen molar-refractivity contribution in [1.29, 1.82) is 0 Å². The van der Waals surface area contributed by atoms with E-state index >= 15 is 0 Å². The van der Waals surface area contributed by atoms with Crippen molar-refractivity contribution in [2.24, 2.45) is 0 Å². The molecule has 0 aliphatic carbocycles. The van der Waals surface area contributed by atoms with Crippen LogP contribution in [0, 0.1) is 6.92 Å². The average Bonchev–Trinajstić information content (AvgIpc) is 3.02. The molecule has 0 atom stereocenters. The highest BCUT2D eigenvalue weighted by molar-refractivity contribution is 6.08. The van der Waals surface area contributed by atoms with E-state index in [1.165, 1.54) is 53.2 Å². The number of carbonyl (C=O) groups excluding carboxylic acids is 1. The largest absolute Gasteiger partial charge is 0.493 e. The monoisotopic (exact) mass is 413 g/mol. The van der Waals surface area contributed by atoms with E-state index in [0.717, 1.165) is 6.07 Å². The van der Waals surface area contributed by atoms with Crippen LogP contribution >= 0.6 is 0 Å². The Balaban J connectivity index is 1.80. The lowest BCUT2D eigenvalue weighted by Gasteiger charge is -2.12. The molecule has 0 fully saturated rings. The number of carbonyl (C=O) groups is 1. The second-order valence-electron chi connectivity index (χ2n) is 6.42. The summed E-state index contributed by atoms with van der Waals surface area (Å²) in [6, 6.07) is 10.8. The van der Waals surface area contributed by atoms with Gasteiger partial charge in [-0.25, -0.2) is 9.50 Å². The van der Waals surface area contributed by atoms with E-state index in [9.17, 15) is 23.1 Å². The number of aryl methyl sites for hydroxylation is 1. The van der Waals surface area contributed by atoms with E-state index in [2.05, 4.69) is 20.4 Å². The molecule has 1 aromatic carbocycles. The highest BCUT2D eigenvalue weighted by Crippen LogP contribution is 2.36. The topological polar surface area (TPSA) is 92.4 Å². The summed E-state index contributed by atoms with van der Waals surface area (Å²) in [5.41, 5.74) is -0.354. The summed E-state index contributed by atoms with van der Waals surface area (Å²) in [7, 11) is 0. The Hall–Kier alpha value is -3.95. The highest BCUT2D eigenvalue weighted by Gasteiger charge is 2.33. The minimum absolute atomic E-state index is 0.0554. The van der Waals surface area contributed by atoms with Crippen LogP contribution in [0.1, 0.15) is 21.6 Å². The van der Waals surface area contributed by atoms with Crippen molar-refractivity contribution in [1.82, 2.24) is 19.6 Å². The van der Waals surface area contributed by atoms with Crippen LogP contribution in [0.2, 0.25) is 0 Å². The number of amides is 1. The van der Waals surface area contributed by atoms with Gasteiger partial charge < -0.3 is 10.4 Å². The molecule has 0 bridgehead atoms. The zero-order valence-electron chi connectivity index (χ0n) is 15.5. The summed E-state index contributed by atoms with van der Waals surface area (Å²) in [4.78, 5) is 20.9. The maximum Gasteiger partial charge on any atom is 0.417 e. The molecule has 3 aromatic heterocycles. The third kappa shape index (κ3) is 3.54. The molecule has 0 saturated heterocycles. The van der Waals surface area contributed by atoms with E-state index in [1.54, 1.807) is 6.92 Å². The summed E-state index contributed by atoms with van der Waals surface area (Å²) < 4.78 is 41.5. The number of anilines is 1. The average molecular weight is 413 g/mol. The SMILES string of the molecule is Cc1nn2ccc(-c3ccccc3C(F)(F)F)nc2c1C(=O)Nc1cccc(O)n1. The van der Waals surface area contributed by atoms with Gasteiger partial charge in [0.1, 0.15) is 11.4 Å². The van der Waals surface area contributed by atoms with Crippen molar-refractivity contribution in [3.8, 4) is 17.1 Å². The van der Waals surface area contributed by atoms with Crippen molar-refractivity contribution < 1.29 is 23.1 Å². The van der Waals surface area contributed by atoms with Gasteiger partial charge in [-0.05, 0) is 25.1 Å². The predicted molar refractivity (Wildman–Crippen MR) is 102 cm³/mol. The molecule has 0 unspecified atom stereocenters. The van der Waals surface area contributed by atoms with E-state index in [4.69, 9.17) is 0 Å². The lowest BCUT2D eigenvalue weighted by molar-refractivity contribution is -0.137. The van der Waals surface area contributed by atoms with Crippen molar-refractivity contribution >= 4 is 17.4 Å². The molecule has 2 N–H and O–H groups in total. The Kier molecular flexibility index (Phi) is 4.61. The molecular formula is C20H14F3N5O2. The van der Waals surface area contributed by atoms with Gasteiger partial charge in [0.05, 0.1) is 17.0 Å². The number of aromatic nitrogens is 4. The highest BCUT2D eigenvalue weighted by atomic mass is 19.4. The first-order valence-corrected chi connectivity index (χ1v) is 8.74. The van der Waals surface area contributed by atoms with Gasteiger partial charge >= 0.3 is 6.18 Å². The molecule has 0 saturated carbocycles. The molecule has 7 nitrogen and oxygen atoms in total. The Morgan fingerprint density at radius 3 is 2.57 bits per heavy atom. The normalized spacial score (nSPS) is 11.6. The molecule has 0 aliphatic heterocycles. The van der Waals surface area contributed by atoms with Gasteiger partial charge in [0.15, 0.2) is 5.65 Å². The standard InChI is InChI=1S/C20H14F3N5O2/c1-11-17(19(30)26-15-7-4-8-16(29)25-15)18-24-14(9-10-28(18)27-11)12-5-2-3-6-13(12)20(21,22)23/h2-10H,1H3,(H2,25,26,29,30). The van der Waals surface area contributed by atoms with Crippen LogP contribution in [0.5, 0.6) is 5.88 Å². The summed E-state index contributed by atoms with van der Waals surface area (Å²) in [6.45, 7) is 1.59. The summed E-state index contributed by atoms with van der Waals surface area (Å²) >= 11 is 0. The zero-order valence-corrected chi connectivity index (χ0v) is 15.5. The van der Waals surface area contributed by atoms with Crippen LogP contribution in [-0.4, -0.2) is 30.6 Å². The van der Waals surface area contributed by atoms with Crippen molar-refractivity contribution in [3.05, 3.63) is 71.5 Å². The number of halogens is 3. The maximum absolute atomic E-state index is 13.4. The smallest absolute Gasteiger partial charge is 0.417 e. The molecule has 0 spiro atoms. The fourth-order valence-corrected chi connectivity index (χ4v) is 3.08. The van der Waals surface area contributed by atoms with E-state index in [1.807, 2.05) is 0 Å². The maximum atomic E-state index is 13.4. The first-order chi connectivity index (χ1) is 14.2. The van der Waals surface area contributed by atoms with Crippen LogP contribution in [0.3, 0.4) is 0 Å². The number of benzene rings is 1. The summed E-state index contributed by atoms with van der Waals surface area (Å²) in [5.74, 6) is -0.764. The van der Waals surface area contributed by atoms with E-state index in [0.29, 0.717) is 5.69 Å². The second-order valence-corrected chi connectivity index (χ2v) is 6.42. The summed E-state index contributed by atoms with van der Waals surface area (Å²) in [6.07, 6.45) is -3.11. The molecule has 30 heavy (non-hydrogen) atoms. The first kappa shape index (κ1) is 19.4. The lowest BCUT2D eigenvalue weighted by atomic mass is 10.0. The second kappa shape index (κ2) is 7.14. The Morgan fingerprint density at radius 2 is 1.83 bits per heavy atom. The predicted octanol–water partition coefficient (Wildman–Crippen LogP) is 4.08. The van der Waals surface area contributed by atoms with Gasteiger partial charge in [-0.2, -0.15) is 23.3 Å². The van der Waals surface area contributed by atoms with E-state index in [-0.39, 0.29) is 34.2 Å². The fourth-order valence-electron chi connectivity index (χ4n) is 3.08. The number of rotatable bonds is 3. The number of aromatic hydroxyl groups is 1. The van der Waals surface area contributed by atoms with Crippen molar-refractivity contribution in [3.63, 3.8) is 0 Å². The Labute approximate surface area is 167 Å². The molecule has 1 amide bonds. The van der Waals surface area contributed by atoms with Crippen molar-refractivity contribution in [2.45, 2.75) is 13.1 Å². The molecule has 152 valence electrons. The van der Waals surface area contributed by atoms with Gasteiger partial charge in [-0.1, -0.05) is 24.3 Å². The number of fused-ring (bicyclic) bond motifs is 1. The Morgan fingerprint density at radius 1 is 1.07 bits per heavy atom. The molecule has 0 aliphatic rings. The summed E-state index contributed by atoms with van der Waals surface area (Å²) in [5, 5.41) is 16.2. The molecule has 4 aromatic rings. The molecular weight excluding hydrogens is 399 g/mol. The van der Waals surface area contributed by atoms with Crippen LogP contribution < -0.4 is 5.32 Å². The third-order valence-corrected chi connectivity index (χ3v) is 4.37. The molecule has 3 heterocycles. The number of hydrogen-bond donors (Lipinski definition) is 2. The number of nitrogens with one attached hydrogen (secondary N) is 1. The van der Waals surface area contributed by atoms with Gasteiger partial charge in [-0.3, -0.25) is 4.79 Å². The molecule has 0 radical (unpaired) electrons. The lowest BCUT2D eigenvalue weighted by Crippen LogP contribution is -2.14. The number of hydrogen-bond acceptors (Lipinski definition) is 5. The number of alkyl halides is 3. The third-order valence-electron chi connectivity index (χ3n) is 4.37. The number of pyridine rings is 1. The van der Waals surface area contributed by atoms with Gasteiger partial charge in [0, 0.05) is 17.8 Å². The molecule has 10 heteroatoms.